The van der Waals surface area contributed by atoms with Gasteiger partial charge in [0.2, 0.25) is 0 Å². The Morgan fingerprint density at radius 2 is 2.10 bits per heavy atom. The van der Waals surface area contributed by atoms with E-state index in [9.17, 15) is 4.79 Å². The number of amides is 2. The summed E-state index contributed by atoms with van der Waals surface area (Å²) in [6, 6.07) is 7.90. The maximum Gasteiger partial charge on any atom is 0.349 e. The quantitative estimate of drug-likeness (QED) is 0.847. The molecular formula is C16H23N3O. The SMILES string of the molecule is CCc1ccccc1N(CC)C(=O)N=C1CCCN1C. The Labute approximate surface area is 121 Å². The zero-order valence-electron chi connectivity index (χ0n) is 12.6. The van der Waals surface area contributed by atoms with E-state index < -0.39 is 0 Å². The summed E-state index contributed by atoms with van der Waals surface area (Å²) < 4.78 is 0. The van der Waals surface area contributed by atoms with Crippen molar-refractivity contribution in [3.63, 3.8) is 0 Å². The van der Waals surface area contributed by atoms with Gasteiger partial charge in [-0.2, -0.15) is 4.99 Å². The maximum absolute atomic E-state index is 12.5. The molecule has 0 unspecified atom stereocenters. The molecule has 2 amide bonds. The lowest BCUT2D eigenvalue weighted by Gasteiger charge is -2.22. The summed E-state index contributed by atoms with van der Waals surface area (Å²) in [5.41, 5.74) is 2.16. The third kappa shape index (κ3) is 3.00. The number of benzene rings is 1. The fraction of sp³-hybridized carbons (Fsp3) is 0.500. The molecular weight excluding hydrogens is 250 g/mol. The molecule has 1 aromatic rings. The molecule has 0 aromatic heterocycles. The monoisotopic (exact) mass is 273 g/mol. The Morgan fingerprint density at radius 3 is 2.70 bits per heavy atom. The summed E-state index contributed by atoms with van der Waals surface area (Å²) >= 11 is 0. The van der Waals surface area contributed by atoms with Crippen molar-refractivity contribution in [1.82, 2.24) is 4.90 Å². The number of anilines is 1. The third-order valence-corrected chi connectivity index (χ3v) is 3.77. The van der Waals surface area contributed by atoms with Gasteiger partial charge in [0.25, 0.3) is 0 Å². The highest BCUT2D eigenvalue weighted by atomic mass is 16.2. The molecule has 0 atom stereocenters. The molecule has 1 fully saturated rings. The number of urea groups is 1. The number of hydrogen-bond acceptors (Lipinski definition) is 1. The van der Waals surface area contributed by atoms with E-state index in [1.807, 2.05) is 32.2 Å². The topological polar surface area (TPSA) is 35.9 Å². The average Bonchev–Trinajstić information content (AvgIpc) is 2.85. The van der Waals surface area contributed by atoms with Crippen molar-refractivity contribution in [2.75, 3.05) is 25.0 Å². The van der Waals surface area contributed by atoms with Gasteiger partial charge in [0, 0.05) is 32.2 Å². The molecule has 0 aliphatic carbocycles. The lowest BCUT2D eigenvalue weighted by molar-refractivity contribution is 0.254. The van der Waals surface area contributed by atoms with Crippen molar-refractivity contribution in [3.05, 3.63) is 29.8 Å². The predicted molar refractivity (Wildman–Crippen MR) is 83.5 cm³/mol. The van der Waals surface area contributed by atoms with Crippen molar-refractivity contribution >= 4 is 17.6 Å². The first-order chi connectivity index (χ1) is 9.67. The fourth-order valence-electron chi connectivity index (χ4n) is 2.59. The van der Waals surface area contributed by atoms with E-state index >= 15 is 0 Å². The highest BCUT2D eigenvalue weighted by Gasteiger charge is 2.20. The molecule has 0 spiro atoms. The lowest BCUT2D eigenvalue weighted by atomic mass is 10.1. The molecule has 1 aliphatic rings. The van der Waals surface area contributed by atoms with E-state index in [1.165, 1.54) is 5.56 Å². The second-order valence-electron chi connectivity index (χ2n) is 5.06. The Hall–Kier alpha value is -1.84. The van der Waals surface area contributed by atoms with Gasteiger partial charge in [-0.25, -0.2) is 4.79 Å². The number of hydrogen-bond donors (Lipinski definition) is 0. The van der Waals surface area contributed by atoms with Crippen molar-refractivity contribution in [2.45, 2.75) is 33.1 Å². The number of likely N-dealkylation sites (tertiary alicyclic amines) is 1. The summed E-state index contributed by atoms with van der Waals surface area (Å²) in [7, 11) is 2.00. The largest absolute Gasteiger partial charge is 0.363 e. The van der Waals surface area contributed by atoms with Crippen LogP contribution in [0.2, 0.25) is 0 Å². The predicted octanol–water partition coefficient (Wildman–Crippen LogP) is 3.32. The number of nitrogens with zero attached hydrogens (tertiary/aromatic N) is 3. The summed E-state index contributed by atoms with van der Waals surface area (Å²) in [4.78, 5) is 20.6. The van der Waals surface area contributed by atoms with Crippen LogP contribution in [-0.2, 0) is 6.42 Å². The van der Waals surface area contributed by atoms with Crippen molar-refractivity contribution in [3.8, 4) is 0 Å². The Balaban J connectivity index is 2.25. The van der Waals surface area contributed by atoms with E-state index in [1.54, 1.807) is 4.90 Å². The highest BCUT2D eigenvalue weighted by Crippen LogP contribution is 2.22. The molecule has 108 valence electrons. The third-order valence-electron chi connectivity index (χ3n) is 3.77. The first kappa shape index (κ1) is 14.6. The van der Waals surface area contributed by atoms with E-state index in [0.717, 1.165) is 37.3 Å². The first-order valence-corrected chi connectivity index (χ1v) is 7.35. The zero-order chi connectivity index (χ0) is 14.5. The average molecular weight is 273 g/mol. The highest BCUT2D eigenvalue weighted by molar-refractivity contribution is 6.02. The molecule has 0 bridgehead atoms. The van der Waals surface area contributed by atoms with Gasteiger partial charge in [0.15, 0.2) is 0 Å². The summed E-state index contributed by atoms with van der Waals surface area (Å²) in [5, 5.41) is 0. The number of rotatable bonds is 3. The molecule has 0 radical (unpaired) electrons. The van der Waals surface area contributed by atoms with Crippen molar-refractivity contribution in [2.24, 2.45) is 4.99 Å². The van der Waals surface area contributed by atoms with Crippen LogP contribution in [0, 0.1) is 0 Å². The van der Waals surface area contributed by atoms with Gasteiger partial charge in [-0.1, -0.05) is 25.1 Å². The molecule has 1 aliphatic heterocycles. The first-order valence-electron chi connectivity index (χ1n) is 7.35. The van der Waals surface area contributed by atoms with Crippen molar-refractivity contribution < 1.29 is 4.79 Å². The number of carbonyl (C=O) groups excluding carboxylic acids is 1. The van der Waals surface area contributed by atoms with Crippen LogP contribution in [0.1, 0.15) is 32.3 Å². The molecule has 4 nitrogen and oxygen atoms in total. The van der Waals surface area contributed by atoms with E-state index in [-0.39, 0.29) is 6.03 Å². The van der Waals surface area contributed by atoms with Crippen LogP contribution < -0.4 is 4.90 Å². The van der Waals surface area contributed by atoms with Gasteiger partial charge in [0.1, 0.15) is 5.84 Å². The number of amidine groups is 1. The number of aliphatic imine (C=N–C) groups is 1. The van der Waals surface area contributed by atoms with Gasteiger partial charge in [-0.3, -0.25) is 4.90 Å². The van der Waals surface area contributed by atoms with Gasteiger partial charge in [-0.05, 0) is 31.4 Å². The van der Waals surface area contributed by atoms with Gasteiger partial charge in [-0.15, -0.1) is 0 Å². The molecule has 2 rings (SSSR count). The minimum Gasteiger partial charge on any atom is -0.363 e. The number of para-hydroxylation sites is 1. The van der Waals surface area contributed by atoms with Crippen LogP contribution in [0.5, 0.6) is 0 Å². The minimum absolute atomic E-state index is 0.155. The van der Waals surface area contributed by atoms with Crippen LogP contribution in [0.3, 0.4) is 0 Å². The zero-order valence-corrected chi connectivity index (χ0v) is 12.6. The number of carbonyl (C=O) groups is 1. The normalized spacial score (nSPS) is 16.8. The summed E-state index contributed by atoms with van der Waals surface area (Å²) in [6.45, 7) is 5.72. The van der Waals surface area contributed by atoms with Crippen LogP contribution >= 0.6 is 0 Å². The molecule has 1 heterocycles. The van der Waals surface area contributed by atoms with Crippen LogP contribution in [0.15, 0.2) is 29.3 Å². The van der Waals surface area contributed by atoms with E-state index in [4.69, 9.17) is 0 Å². The maximum atomic E-state index is 12.5. The molecule has 4 heteroatoms. The number of aryl methyl sites for hydroxylation is 1. The smallest absolute Gasteiger partial charge is 0.349 e. The van der Waals surface area contributed by atoms with Crippen LogP contribution in [0.4, 0.5) is 10.5 Å². The minimum atomic E-state index is -0.155. The summed E-state index contributed by atoms with van der Waals surface area (Å²) in [6.07, 6.45) is 2.89. The Bertz CT molecular complexity index is 510. The molecule has 1 saturated heterocycles. The van der Waals surface area contributed by atoms with Crippen molar-refractivity contribution in [1.29, 1.82) is 0 Å². The second kappa shape index (κ2) is 6.55. The Kier molecular flexibility index (Phi) is 4.77. The standard InChI is InChI=1S/C16H23N3O/c1-4-13-9-6-7-10-14(13)19(5-2)16(20)17-15-11-8-12-18(15)3/h6-7,9-10H,4-5,8,11-12H2,1-3H3. The van der Waals surface area contributed by atoms with E-state index in [2.05, 4.69) is 22.9 Å². The van der Waals surface area contributed by atoms with E-state index in [0.29, 0.717) is 6.54 Å². The Morgan fingerprint density at radius 1 is 1.35 bits per heavy atom. The van der Waals surface area contributed by atoms with Crippen LogP contribution in [0.25, 0.3) is 0 Å². The van der Waals surface area contributed by atoms with Gasteiger partial charge in [0.05, 0.1) is 0 Å². The summed E-state index contributed by atoms with van der Waals surface area (Å²) in [5.74, 6) is 0.905. The fourth-order valence-corrected chi connectivity index (χ4v) is 2.59. The van der Waals surface area contributed by atoms with Gasteiger partial charge < -0.3 is 4.90 Å². The molecule has 0 saturated carbocycles. The second-order valence-corrected chi connectivity index (χ2v) is 5.06. The molecule has 0 N–H and O–H groups in total. The lowest BCUT2D eigenvalue weighted by Crippen LogP contribution is -2.31. The molecule has 20 heavy (non-hydrogen) atoms. The van der Waals surface area contributed by atoms with Gasteiger partial charge >= 0.3 is 6.03 Å². The molecule has 1 aromatic carbocycles. The van der Waals surface area contributed by atoms with Crippen LogP contribution in [-0.4, -0.2) is 36.9 Å².